The first-order valence-electron chi connectivity index (χ1n) is 10.6. The van der Waals surface area contributed by atoms with Crippen molar-refractivity contribution in [3.05, 3.63) is 76.0 Å². The molecule has 1 atom stereocenters. The number of benzene rings is 2. The molecule has 1 nitrogen and oxygen atoms in total. The van der Waals surface area contributed by atoms with Gasteiger partial charge in [0.05, 0.1) is 0 Å². The average Bonchev–Trinajstić information content (AvgIpc) is 3.19. The summed E-state index contributed by atoms with van der Waals surface area (Å²) < 4.78 is 0. The highest BCUT2D eigenvalue weighted by Gasteiger charge is 2.18. The Hall–Kier alpha value is -2.16. The van der Waals surface area contributed by atoms with E-state index in [4.69, 9.17) is 5.73 Å². The molecule has 3 rings (SSSR count). The van der Waals surface area contributed by atoms with Crippen LogP contribution in [-0.4, -0.2) is 6.04 Å². The third-order valence-corrected chi connectivity index (χ3v) is 6.08. The van der Waals surface area contributed by atoms with Gasteiger partial charge in [-0.25, -0.2) is 0 Å². The Labute approximate surface area is 181 Å². The van der Waals surface area contributed by atoms with Crippen molar-refractivity contribution >= 4 is 16.9 Å². The van der Waals surface area contributed by atoms with Crippen LogP contribution in [0.3, 0.4) is 0 Å². The summed E-state index contributed by atoms with van der Waals surface area (Å²) in [6.45, 7) is 16.8. The van der Waals surface area contributed by atoms with Crippen LogP contribution in [0.5, 0.6) is 0 Å². The van der Waals surface area contributed by atoms with Crippen molar-refractivity contribution in [2.45, 2.75) is 60.4 Å². The molecule has 1 aromatic heterocycles. The summed E-state index contributed by atoms with van der Waals surface area (Å²) in [7, 11) is 0. The van der Waals surface area contributed by atoms with Gasteiger partial charge in [-0.05, 0) is 84.0 Å². The zero-order valence-electron chi connectivity index (χ0n) is 18.8. The van der Waals surface area contributed by atoms with Gasteiger partial charge in [0.25, 0.3) is 0 Å². The number of allylic oxidation sites excluding steroid dienone is 1. The predicted molar refractivity (Wildman–Crippen MR) is 133 cm³/mol. The van der Waals surface area contributed by atoms with Gasteiger partial charge in [-0.3, -0.25) is 0 Å². The number of nitrogens with two attached hydrogens (primary N) is 1. The molecule has 0 fully saturated rings. The van der Waals surface area contributed by atoms with Crippen LogP contribution < -0.4 is 5.73 Å². The summed E-state index contributed by atoms with van der Waals surface area (Å²) >= 11 is 1.77. The van der Waals surface area contributed by atoms with Gasteiger partial charge in [-0.15, -0.1) is 11.3 Å². The van der Waals surface area contributed by atoms with Crippen molar-refractivity contribution in [3.63, 3.8) is 0 Å². The molecule has 0 aliphatic carbocycles. The van der Waals surface area contributed by atoms with Crippen LogP contribution in [0.1, 0.15) is 56.2 Å². The molecule has 2 aromatic carbocycles. The third-order valence-electron chi connectivity index (χ3n) is 5.00. The first kappa shape index (κ1) is 23.1. The quantitative estimate of drug-likeness (QED) is 0.443. The largest absolute Gasteiger partial charge is 0.328 e. The van der Waals surface area contributed by atoms with E-state index in [0.717, 1.165) is 18.4 Å². The Morgan fingerprint density at radius 2 is 1.69 bits per heavy atom. The minimum Gasteiger partial charge on any atom is -0.328 e. The Morgan fingerprint density at radius 1 is 1.03 bits per heavy atom. The van der Waals surface area contributed by atoms with Gasteiger partial charge in [-0.2, -0.15) is 0 Å². The maximum absolute atomic E-state index is 5.97. The van der Waals surface area contributed by atoms with Crippen LogP contribution in [-0.2, 0) is 12.8 Å². The monoisotopic (exact) mass is 405 g/mol. The second-order valence-corrected chi connectivity index (χ2v) is 8.38. The molecule has 0 saturated heterocycles. The van der Waals surface area contributed by atoms with E-state index in [-0.39, 0.29) is 6.04 Å². The van der Waals surface area contributed by atoms with Gasteiger partial charge < -0.3 is 5.73 Å². The summed E-state index contributed by atoms with van der Waals surface area (Å²) in [5.74, 6) is 0. The molecule has 0 amide bonds. The van der Waals surface area contributed by atoms with Crippen LogP contribution >= 0.6 is 11.3 Å². The van der Waals surface area contributed by atoms with Crippen molar-refractivity contribution in [1.29, 1.82) is 0 Å². The Morgan fingerprint density at radius 3 is 2.24 bits per heavy atom. The van der Waals surface area contributed by atoms with Crippen molar-refractivity contribution in [1.82, 2.24) is 0 Å². The van der Waals surface area contributed by atoms with Gasteiger partial charge in [0, 0.05) is 16.5 Å². The lowest BCUT2D eigenvalue weighted by Gasteiger charge is -2.19. The fourth-order valence-corrected chi connectivity index (χ4v) is 4.58. The fourth-order valence-electron chi connectivity index (χ4n) is 3.74. The molecule has 0 aliphatic rings. The maximum Gasteiger partial charge on any atom is 0.0372 e. The Balaban J connectivity index is 0.00000145. The van der Waals surface area contributed by atoms with E-state index < -0.39 is 0 Å². The van der Waals surface area contributed by atoms with E-state index in [0.29, 0.717) is 0 Å². The highest BCUT2D eigenvalue weighted by molar-refractivity contribution is 7.11. The first-order valence-corrected chi connectivity index (χ1v) is 11.5. The highest BCUT2D eigenvalue weighted by Crippen LogP contribution is 2.42. The minimum absolute atomic E-state index is 0.181. The lowest BCUT2D eigenvalue weighted by atomic mass is 9.86. The van der Waals surface area contributed by atoms with Gasteiger partial charge in [-0.1, -0.05) is 63.7 Å². The summed E-state index contributed by atoms with van der Waals surface area (Å²) in [5.41, 5.74) is 16.3. The molecule has 1 heterocycles. The molecule has 2 heteroatoms. The van der Waals surface area contributed by atoms with Gasteiger partial charge in [0.15, 0.2) is 0 Å². The molecule has 0 bridgehead atoms. The number of hydrogen-bond acceptors (Lipinski definition) is 2. The van der Waals surface area contributed by atoms with E-state index in [1.807, 2.05) is 13.8 Å². The molecule has 154 valence electrons. The number of rotatable bonds is 6. The topological polar surface area (TPSA) is 26.0 Å². The lowest BCUT2D eigenvalue weighted by molar-refractivity contribution is 0.738. The molecule has 1 unspecified atom stereocenters. The third kappa shape index (κ3) is 5.26. The van der Waals surface area contributed by atoms with Crippen LogP contribution in [0.2, 0.25) is 0 Å². The van der Waals surface area contributed by atoms with E-state index in [2.05, 4.69) is 82.1 Å². The smallest absolute Gasteiger partial charge is 0.0372 e. The highest BCUT2D eigenvalue weighted by atomic mass is 32.1. The fraction of sp³-hybridized carbons (Fsp3) is 0.333. The van der Waals surface area contributed by atoms with Crippen molar-refractivity contribution in [3.8, 4) is 22.3 Å². The molecule has 0 aliphatic heterocycles. The van der Waals surface area contributed by atoms with Crippen molar-refractivity contribution in [2.75, 3.05) is 0 Å². The van der Waals surface area contributed by atoms with Crippen molar-refractivity contribution in [2.24, 2.45) is 5.73 Å². The van der Waals surface area contributed by atoms with Gasteiger partial charge >= 0.3 is 0 Å². The molecular formula is C27H35NS. The van der Waals surface area contributed by atoms with E-state index >= 15 is 0 Å². The summed E-state index contributed by atoms with van der Waals surface area (Å²) in [6.07, 6.45) is 1.92. The number of hydrogen-bond donors (Lipinski definition) is 1. The predicted octanol–water partition coefficient (Wildman–Crippen LogP) is 7.90. The molecule has 0 saturated carbocycles. The maximum atomic E-state index is 5.97. The van der Waals surface area contributed by atoms with Crippen LogP contribution in [0, 0.1) is 6.92 Å². The number of thiophene rings is 1. The minimum atomic E-state index is 0.181. The summed E-state index contributed by atoms with van der Waals surface area (Å²) in [4.78, 5) is 1.28. The first-order chi connectivity index (χ1) is 13.9. The van der Waals surface area contributed by atoms with Crippen LogP contribution in [0.15, 0.2) is 54.4 Å². The summed E-state index contributed by atoms with van der Waals surface area (Å²) in [6, 6.07) is 15.9. The Bertz CT molecular complexity index is 945. The zero-order chi connectivity index (χ0) is 21.6. The average molecular weight is 406 g/mol. The Kier molecular flexibility index (Phi) is 8.43. The second-order valence-electron chi connectivity index (χ2n) is 7.47. The normalized spacial score (nSPS) is 11.6. The van der Waals surface area contributed by atoms with Gasteiger partial charge in [0.2, 0.25) is 0 Å². The summed E-state index contributed by atoms with van der Waals surface area (Å²) in [5, 5.41) is 2.17. The van der Waals surface area contributed by atoms with Crippen molar-refractivity contribution < 1.29 is 0 Å². The molecule has 29 heavy (non-hydrogen) atoms. The van der Waals surface area contributed by atoms with Gasteiger partial charge in [0.1, 0.15) is 0 Å². The van der Waals surface area contributed by atoms with E-state index in [9.17, 15) is 0 Å². The van der Waals surface area contributed by atoms with E-state index in [1.165, 1.54) is 43.8 Å². The van der Waals surface area contributed by atoms with Crippen LogP contribution in [0.4, 0.5) is 0 Å². The van der Waals surface area contributed by atoms with Crippen LogP contribution in [0.25, 0.3) is 27.8 Å². The molecule has 0 spiro atoms. The lowest BCUT2D eigenvalue weighted by Crippen LogP contribution is -2.17. The van der Waals surface area contributed by atoms with E-state index in [1.54, 1.807) is 11.3 Å². The zero-order valence-corrected chi connectivity index (χ0v) is 19.6. The molecule has 3 aromatic rings. The SMILES string of the molecule is C=C(C)c1sccc1-c1c(C)ccc(CC)c1-c1ccc(CC(C)N)cc1.CC. The second kappa shape index (κ2) is 10.6. The standard InChI is InChI=1S/C25H29NS.C2H6/c1-6-20-10-7-17(4)23(22-13-14-27-25(22)16(2)3)24(20)21-11-8-19(9-12-21)15-18(5)26;1-2/h7-14,18H,2,6,15,26H2,1,3-5H3;1-2H3. The molecular weight excluding hydrogens is 370 g/mol. The number of aryl methyl sites for hydroxylation is 2. The molecule has 0 radical (unpaired) electrons. The molecule has 2 N–H and O–H groups in total.